The van der Waals surface area contributed by atoms with E-state index in [0.717, 1.165) is 19.4 Å². The van der Waals surface area contributed by atoms with Gasteiger partial charge in [-0.2, -0.15) is 0 Å². The van der Waals surface area contributed by atoms with E-state index >= 15 is 0 Å². The van der Waals surface area contributed by atoms with Crippen LogP contribution in [0.3, 0.4) is 0 Å². The number of rotatable bonds is 7. The third-order valence-electron chi connectivity index (χ3n) is 3.50. The Hall–Kier alpha value is -0.570. The lowest BCUT2D eigenvalue weighted by Gasteiger charge is -2.31. The molecule has 0 aromatic rings. The minimum absolute atomic E-state index is 0.175. The van der Waals surface area contributed by atoms with Crippen LogP contribution in [0.4, 0.5) is 0 Å². The fourth-order valence-corrected chi connectivity index (χ4v) is 2.40. The van der Waals surface area contributed by atoms with Gasteiger partial charge in [-0.25, -0.2) is 0 Å². The summed E-state index contributed by atoms with van der Waals surface area (Å²) >= 11 is 0. The summed E-state index contributed by atoms with van der Waals surface area (Å²) in [4.78, 5) is 14.2. The molecule has 0 aliphatic rings. The van der Waals surface area contributed by atoms with Crippen LogP contribution in [0.5, 0.6) is 0 Å². The Bertz CT molecular complexity index is 259. The minimum Gasteiger partial charge on any atom is -0.345 e. The summed E-state index contributed by atoms with van der Waals surface area (Å²) in [6.45, 7) is 13.4. The zero-order chi connectivity index (χ0) is 14.5. The lowest BCUT2D eigenvalue weighted by atomic mass is 9.82. The molecule has 3 nitrogen and oxygen atoms in total. The highest BCUT2D eigenvalue weighted by atomic mass is 16.2. The molecule has 18 heavy (non-hydrogen) atoms. The first-order valence-electron chi connectivity index (χ1n) is 7.09. The van der Waals surface area contributed by atoms with E-state index in [-0.39, 0.29) is 17.4 Å². The van der Waals surface area contributed by atoms with Gasteiger partial charge >= 0.3 is 0 Å². The Labute approximate surface area is 113 Å². The molecule has 1 amide bonds. The Balaban J connectivity index is 4.33. The van der Waals surface area contributed by atoms with E-state index in [0.29, 0.717) is 11.8 Å². The zero-order valence-electron chi connectivity index (χ0n) is 13.3. The summed E-state index contributed by atoms with van der Waals surface area (Å²) in [5, 5.41) is 0. The Morgan fingerprint density at radius 1 is 1.22 bits per heavy atom. The van der Waals surface area contributed by atoms with Crippen molar-refractivity contribution >= 4 is 5.91 Å². The minimum atomic E-state index is -0.273. The second-order valence-electron chi connectivity index (χ2n) is 6.91. The van der Waals surface area contributed by atoms with Crippen LogP contribution in [0.2, 0.25) is 0 Å². The van der Waals surface area contributed by atoms with Gasteiger partial charge < -0.3 is 10.6 Å². The van der Waals surface area contributed by atoms with Crippen molar-refractivity contribution in [3.63, 3.8) is 0 Å². The lowest BCUT2D eigenvalue weighted by Crippen LogP contribution is -2.41. The fourth-order valence-electron chi connectivity index (χ4n) is 2.40. The molecule has 1 unspecified atom stereocenters. The van der Waals surface area contributed by atoms with Gasteiger partial charge in [0.2, 0.25) is 5.91 Å². The summed E-state index contributed by atoms with van der Waals surface area (Å²) in [5.74, 6) is 1.24. The van der Waals surface area contributed by atoms with Gasteiger partial charge in [0.15, 0.2) is 0 Å². The molecular formula is C15H32N2O. The van der Waals surface area contributed by atoms with Gasteiger partial charge in [-0.15, -0.1) is 0 Å². The summed E-state index contributed by atoms with van der Waals surface area (Å²) in [6, 6.07) is 0.175. The number of carbonyl (C=O) groups is 1. The summed E-state index contributed by atoms with van der Waals surface area (Å²) in [5.41, 5.74) is 5.74. The van der Waals surface area contributed by atoms with Gasteiger partial charge in [-0.3, -0.25) is 4.79 Å². The van der Waals surface area contributed by atoms with Crippen molar-refractivity contribution in [3.8, 4) is 0 Å². The van der Waals surface area contributed by atoms with Crippen LogP contribution in [0.15, 0.2) is 0 Å². The standard InChI is InChI=1S/C15H32N2O/c1-11(2)10-15(5,6)14(18)17(7)9-8-13(16)12(3)4/h11-13H,8-10,16H2,1-7H3. The quantitative estimate of drug-likeness (QED) is 0.761. The van der Waals surface area contributed by atoms with Crippen LogP contribution in [0, 0.1) is 17.3 Å². The Kier molecular flexibility index (Phi) is 6.90. The zero-order valence-corrected chi connectivity index (χ0v) is 13.3. The number of hydrogen-bond acceptors (Lipinski definition) is 2. The number of hydrogen-bond donors (Lipinski definition) is 1. The fraction of sp³-hybridized carbons (Fsp3) is 0.933. The van der Waals surface area contributed by atoms with E-state index < -0.39 is 0 Å². The average Bonchev–Trinajstić information content (AvgIpc) is 2.22. The third kappa shape index (κ3) is 5.85. The van der Waals surface area contributed by atoms with Crippen LogP contribution >= 0.6 is 0 Å². The van der Waals surface area contributed by atoms with Crippen LogP contribution in [0.25, 0.3) is 0 Å². The van der Waals surface area contributed by atoms with Gasteiger partial charge in [0.1, 0.15) is 0 Å². The molecule has 0 fully saturated rings. The van der Waals surface area contributed by atoms with E-state index in [4.69, 9.17) is 5.73 Å². The molecule has 1 atom stereocenters. The number of nitrogens with two attached hydrogens (primary N) is 1. The van der Waals surface area contributed by atoms with Crippen LogP contribution in [0.1, 0.15) is 54.4 Å². The van der Waals surface area contributed by atoms with Gasteiger partial charge in [0, 0.05) is 25.0 Å². The Morgan fingerprint density at radius 2 is 1.72 bits per heavy atom. The van der Waals surface area contributed by atoms with E-state index in [2.05, 4.69) is 27.7 Å². The van der Waals surface area contributed by atoms with E-state index in [1.54, 1.807) is 0 Å². The normalized spacial score (nSPS) is 14.1. The predicted molar refractivity (Wildman–Crippen MR) is 78.3 cm³/mol. The second-order valence-corrected chi connectivity index (χ2v) is 6.91. The maximum absolute atomic E-state index is 12.4. The van der Waals surface area contributed by atoms with E-state index in [9.17, 15) is 4.79 Å². The first kappa shape index (κ1) is 17.4. The number of nitrogens with zero attached hydrogens (tertiary/aromatic N) is 1. The topological polar surface area (TPSA) is 46.3 Å². The first-order valence-corrected chi connectivity index (χ1v) is 7.09. The smallest absolute Gasteiger partial charge is 0.227 e. The highest BCUT2D eigenvalue weighted by molar-refractivity contribution is 5.81. The van der Waals surface area contributed by atoms with Gasteiger partial charge in [-0.05, 0) is 24.7 Å². The SMILES string of the molecule is CC(C)CC(C)(C)C(=O)N(C)CCC(N)C(C)C. The van der Waals surface area contributed by atoms with Crippen molar-refractivity contribution in [3.05, 3.63) is 0 Å². The van der Waals surface area contributed by atoms with Crippen molar-refractivity contribution in [1.82, 2.24) is 4.90 Å². The molecule has 0 saturated heterocycles. The highest BCUT2D eigenvalue weighted by Crippen LogP contribution is 2.27. The largest absolute Gasteiger partial charge is 0.345 e. The van der Waals surface area contributed by atoms with Crippen molar-refractivity contribution < 1.29 is 4.79 Å². The van der Waals surface area contributed by atoms with Crippen LogP contribution in [-0.2, 0) is 4.79 Å². The molecule has 0 aromatic carbocycles. The monoisotopic (exact) mass is 256 g/mol. The molecule has 0 rings (SSSR count). The first-order chi connectivity index (χ1) is 8.08. The van der Waals surface area contributed by atoms with Gasteiger partial charge in [0.05, 0.1) is 0 Å². The molecule has 0 radical (unpaired) electrons. The second kappa shape index (κ2) is 7.13. The maximum Gasteiger partial charge on any atom is 0.227 e. The molecule has 3 heteroatoms. The van der Waals surface area contributed by atoms with Gasteiger partial charge in [-0.1, -0.05) is 41.5 Å². The van der Waals surface area contributed by atoms with Crippen molar-refractivity contribution in [2.45, 2.75) is 60.4 Å². The predicted octanol–water partition coefficient (Wildman–Crippen LogP) is 2.89. The summed E-state index contributed by atoms with van der Waals surface area (Å²) < 4.78 is 0. The van der Waals surface area contributed by atoms with Crippen LogP contribution in [-0.4, -0.2) is 30.4 Å². The average molecular weight is 256 g/mol. The van der Waals surface area contributed by atoms with E-state index in [1.807, 2.05) is 25.8 Å². The lowest BCUT2D eigenvalue weighted by molar-refractivity contribution is -0.139. The van der Waals surface area contributed by atoms with Crippen molar-refractivity contribution in [2.75, 3.05) is 13.6 Å². The van der Waals surface area contributed by atoms with Crippen molar-refractivity contribution in [1.29, 1.82) is 0 Å². The summed E-state index contributed by atoms with van der Waals surface area (Å²) in [6.07, 6.45) is 1.80. The molecule has 0 aliphatic heterocycles. The Morgan fingerprint density at radius 3 is 2.11 bits per heavy atom. The number of amides is 1. The molecule has 0 aliphatic carbocycles. The molecule has 0 spiro atoms. The molecular weight excluding hydrogens is 224 g/mol. The van der Waals surface area contributed by atoms with E-state index in [1.165, 1.54) is 0 Å². The van der Waals surface area contributed by atoms with Gasteiger partial charge in [0.25, 0.3) is 0 Å². The molecule has 0 aromatic heterocycles. The van der Waals surface area contributed by atoms with Crippen LogP contribution < -0.4 is 5.73 Å². The highest BCUT2D eigenvalue weighted by Gasteiger charge is 2.31. The molecule has 2 N–H and O–H groups in total. The molecule has 0 heterocycles. The molecule has 0 saturated carbocycles. The molecule has 108 valence electrons. The third-order valence-corrected chi connectivity index (χ3v) is 3.50. The van der Waals surface area contributed by atoms with Crippen molar-refractivity contribution in [2.24, 2.45) is 23.0 Å². The molecule has 0 bridgehead atoms. The summed E-state index contributed by atoms with van der Waals surface area (Å²) in [7, 11) is 1.89. The number of carbonyl (C=O) groups excluding carboxylic acids is 1. The maximum atomic E-state index is 12.4.